The summed E-state index contributed by atoms with van der Waals surface area (Å²) in [7, 11) is 0. The van der Waals surface area contributed by atoms with Gasteiger partial charge in [-0.3, -0.25) is 9.88 Å². The van der Waals surface area contributed by atoms with Gasteiger partial charge in [0.05, 0.1) is 0 Å². The Balaban J connectivity index is 1.44. The van der Waals surface area contributed by atoms with Gasteiger partial charge in [-0.05, 0) is 48.7 Å². The highest BCUT2D eigenvalue weighted by Crippen LogP contribution is 2.28. The van der Waals surface area contributed by atoms with Crippen LogP contribution in [0.1, 0.15) is 30.0 Å². The van der Waals surface area contributed by atoms with Crippen molar-refractivity contribution in [2.75, 3.05) is 13.1 Å². The molecule has 3 nitrogen and oxygen atoms in total. The third-order valence-corrected chi connectivity index (χ3v) is 5.16. The Labute approximate surface area is 155 Å². The van der Waals surface area contributed by atoms with Crippen molar-refractivity contribution >= 4 is 0 Å². The zero-order valence-corrected chi connectivity index (χ0v) is 14.9. The van der Waals surface area contributed by atoms with Gasteiger partial charge in [0.1, 0.15) is 5.75 Å². The molecule has 1 fully saturated rings. The maximum atomic E-state index is 9.43. The van der Waals surface area contributed by atoms with Gasteiger partial charge in [-0.1, -0.05) is 48.5 Å². The first-order valence-electron chi connectivity index (χ1n) is 9.29. The quantitative estimate of drug-likeness (QED) is 0.736. The maximum absolute atomic E-state index is 9.43. The minimum absolute atomic E-state index is 0.291. The van der Waals surface area contributed by atoms with Gasteiger partial charge in [0, 0.05) is 36.5 Å². The van der Waals surface area contributed by atoms with Gasteiger partial charge >= 0.3 is 0 Å². The summed E-state index contributed by atoms with van der Waals surface area (Å²) in [5, 5.41) is 9.43. The molecule has 1 aliphatic heterocycles. The van der Waals surface area contributed by atoms with Crippen molar-refractivity contribution < 1.29 is 5.11 Å². The fourth-order valence-electron chi connectivity index (χ4n) is 3.75. The molecule has 1 atom stereocenters. The summed E-state index contributed by atoms with van der Waals surface area (Å²) >= 11 is 0. The van der Waals surface area contributed by atoms with Gasteiger partial charge in [0.2, 0.25) is 0 Å². The molecular formula is C23H24N2O. The van der Waals surface area contributed by atoms with Crippen molar-refractivity contribution in [1.82, 2.24) is 9.88 Å². The van der Waals surface area contributed by atoms with Gasteiger partial charge in [-0.15, -0.1) is 0 Å². The van der Waals surface area contributed by atoms with Crippen LogP contribution in [0.25, 0.3) is 11.1 Å². The van der Waals surface area contributed by atoms with E-state index < -0.39 is 0 Å². The van der Waals surface area contributed by atoms with Gasteiger partial charge in [0.15, 0.2) is 0 Å². The summed E-state index contributed by atoms with van der Waals surface area (Å²) in [5.74, 6) is 0.792. The number of piperidine rings is 1. The van der Waals surface area contributed by atoms with Crippen LogP contribution in [0.4, 0.5) is 0 Å². The molecule has 0 saturated carbocycles. The zero-order valence-electron chi connectivity index (χ0n) is 14.9. The summed E-state index contributed by atoms with van der Waals surface area (Å²) in [5.41, 5.74) is 4.73. The van der Waals surface area contributed by atoms with Crippen molar-refractivity contribution in [2.45, 2.75) is 25.3 Å². The zero-order chi connectivity index (χ0) is 17.8. The minimum atomic E-state index is 0.291. The second-order valence-corrected chi connectivity index (χ2v) is 7.08. The van der Waals surface area contributed by atoms with E-state index in [0.29, 0.717) is 11.7 Å². The summed E-state index contributed by atoms with van der Waals surface area (Å²) < 4.78 is 0. The Kier molecular flexibility index (Phi) is 4.98. The monoisotopic (exact) mass is 344 g/mol. The van der Waals surface area contributed by atoms with Gasteiger partial charge in [-0.25, -0.2) is 0 Å². The van der Waals surface area contributed by atoms with Crippen LogP contribution < -0.4 is 0 Å². The predicted molar refractivity (Wildman–Crippen MR) is 105 cm³/mol. The fraction of sp³-hybridized carbons (Fsp3) is 0.261. The van der Waals surface area contributed by atoms with Crippen LogP contribution >= 0.6 is 0 Å². The van der Waals surface area contributed by atoms with Crippen LogP contribution in [-0.4, -0.2) is 28.1 Å². The number of nitrogens with zero attached hydrogens (tertiary/aromatic N) is 2. The van der Waals surface area contributed by atoms with E-state index in [4.69, 9.17) is 4.98 Å². The Bertz CT molecular complexity index is 828. The molecule has 1 aromatic heterocycles. The number of hydrogen-bond acceptors (Lipinski definition) is 3. The van der Waals surface area contributed by atoms with E-state index in [1.165, 1.54) is 24.1 Å². The third-order valence-electron chi connectivity index (χ3n) is 5.16. The van der Waals surface area contributed by atoms with E-state index >= 15 is 0 Å². The number of rotatable bonds is 4. The molecule has 132 valence electrons. The summed E-state index contributed by atoms with van der Waals surface area (Å²) in [6, 6.07) is 22.3. The smallest absolute Gasteiger partial charge is 0.115 e. The van der Waals surface area contributed by atoms with Crippen LogP contribution in [0.2, 0.25) is 0 Å². The van der Waals surface area contributed by atoms with Crippen molar-refractivity contribution in [3.63, 3.8) is 0 Å². The van der Waals surface area contributed by atoms with Crippen LogP contribution in [-0.2, 0) is 6.54 Å². The predicted octanol–water partition coefficient (Wildman–Crippen LogP) is 4.83. The van der Waals surface area contributed by atoms with E-state index in [2.05, 4.69) is 47.4 Å². The highest BCUT2D eigenvalue weighted by Gasteiger charge is 2.22. The molecule has 2 heterocycles. The topological polar surface area (TPSA) is 36.4 Å². The molecule has 0 bridgehead atoms. The molecule has 3 heteroatoms. The standard InChI is InChI=1S/C23H24N2O/c26-22-11-8-19(9-12-22)20-10-13-23(24-15-20)21-7-4-14-25(17-21)16-18-5-2-1-3-6-18/h1-3,5-6,8-13,15,21,26H,4,7,14,16-17H2. The first-order chi connectivity index (χ1) is 12.8. The molecule has 1 unspecified atom stereocenters. The number of hydrogen-bond donors (Lipinski definition) is 1. The molecule has 0 aliphatic carbocycles. The van der Waals surface area contributed by atoms with Gasteiger partial charge < -0.3 is 5.11 Å². The van der Waals surface area contributed by atoms with Crippen LogP contribution in [0, 0.1) is 0 Å². The van der Waals surface area contributed by atoms with Crippen molar-refractivity contribution in [2.24, 2.45) is 0 Å². The molecule has 3 aromatic rings. The molecule has 1 aliphatic rings. The Morgan fingerprint density at radius 3 is 2.42 bits per heavy atom. The molecular weight excluding hydrogens is 320 g/mol. The second-order valence-electron chi connectivity index (χ2n) is 7.08. The molecule has 26 heavy (non-hydrogen) atoms. The first-order valence-corrected chi connectivity index (χ1v) is 9.29. The third kappa shape index (κ3) is 3.94. The van der Waals surface area contributed by atoms with Gasteiger partial charge in [-0.2, -0.15) is 0 Å². The van der Waals surface area contributed by atoms with Gasteiger partial charge in [0.25, 0.3) is 0 Å². The maximum Gasteiger partial charge on any atom is 0.115 e. The number of aromatic nitrogens is 1. The van der Waals surface area contributed by atoms with E-state index in [9.17, 15) is 5.11 Å². The Morgan fingerprint density at radius 1 is 0.923 bits per heavy atom. The SMILES string of the molecule is Oc1ccc(-c2ccc(C3CCCN(Cc4ccccc4)C3)nc2)cc1. The highest BCUT2D eigenvalue weighted by molar-refractivity contribution is 5.63. The highest BCUT2D eigenvalue weighted by atomic mass is 16.3. The number of phenols is 1. The lowest BCUT2D eigenvalue weighted by Crippen LogP contribution is -2.34. The molecule has 1 N–H and O–H groups in total. The Hall–Kier alpha value is -2.65. The molecule has 1 saturated heterocycles. The van der Waals surface area contributed by atoms with Crippen molar-refractivity contribution in [1.29, 1.82) is 0 Å². The number of likely N-dealkylation sites (tertiary alicyclic amines) is 1. The molecule has 4 rings (SSSR count). The second kappa shape index (κ2) is 7.71. The van der Waals surface area contributed by atoms with Crippen molar-refractivity contribution in [3.05, 3.63) is 84.2 Å². The van der Waals surface area contributed by atoms with E-state index in [-0.39, 0.29) is 0 Å². The summed E-state index contributed by atoms with van der Waals surface area (Å²) in [6.07, 6.45) is 4.38. The summed E-state index contributed by atoms with van der Waals surface area (Å²) in [4.78, 5) is 7.29. The average Bonchev–Trinajstić information content (AvgIpc) is 2.70. The minimum Gasteiger partial charge on any atom is -0.508 e. The van der Waals surface area contributed by atoms with Crippen molar-refractivity contribution in [3.8, 4) is 16.9 Å². The van der Waals surface area contributed by atoms with Crippen LogP contribution in [0.5, 0.6) is 5.75 Å². The molecule has 0 amide bonds. The summed E-state index contributed by atoms with van der Waals surface area (Å²) in [6.45, 7) is 3.25. The largest absolute Gasteiger partial charge is 0.508 e. The lowest BCUT2D eigenvalue weighted by atomic mass is 9.93. The fourth-order valence-corrected chi connectivity index (χ4v) is 3.75. The normalized spacial score (nSPS) is 17.9. The molecule has 0 radical (unpaired) electrons. The number of benzene rings is 2. The number of aromatic hydroxyl groups is 1. The lowest BCUT2D eigenvalue weighted by Gasteiger charge is -2.32. The molecule has 0 spiro atoms. The average molecular weight is 344 g/mol. The lowest BCUT2D eigenvalue weighted by molar-refractivity contribution is 0.198. The van der Waals surface area contributed by atoms with E-state index in [1.807, 2.05) is 18.3 Å². The van der Waals surface area contributed by atoms with E-state index in [1.54, 1.807) is 12.1 Å². The molecule has 2 aromatic carbocycles. The van der Waals surface area contributed by atoms with Crippen LogP contribution in [0.15, 0.2) is 72.9 Å². The van der Waals surface area contributed by atoms with Crippen LogP contribution in [0.3, 0.4) is 0 Å². The van der Waals surface area contributed by atoms with E-state index in [0.717, 1.165) is 30.8 Å². The number of pyridine rings is 1. The Morgan fingerprint density at radius 2 is 1.69 bits per heavy atom. The first kappa shape index (κ1) is 16.8. The number of phenolic OH excluding ortho intramolecular Hbond substituents is 1.